The van der Waals surface area contributed by atoms with Crippen molar-refractivity contribution >= 4 is 27.3 Å². The van der Waals surface area contributed by atoms with Crippen LogP contribution in [0.3, 0.4) is 0 Å². The van der Waals surface area contributed by atoms with Gasteiger partial charge in [-0.25, -0.2) is 8.42 Å². The van der Waals surface area contributed by atoms with Crippen molar-refractivity contribution < 1.29 is 17.9 Å². The summed E-state index contributed by atoms with van der Waals surface area (Å²) in [5.74, 6) is 0.0873. The molecule has 0 atom stereocenters. The molecule has 0 spiro atoms. The van der Waals surface area contributed by atoms with Crippen LogP contribution in [0.2, 0.25) is 0 Å². The summed E-state index contributed by atoms with van der Waals surface area (Å²) in [4.78, 5) is 14.4. The highest BCUT2D eigenvalue weighted by atomic mass is 32.2. The van der Waals surface area contributed by atoms with Gasteiger partial charge in [-0.05, 0) is 43.7 Å². The number of benzene rings is 2. The fraction of sp³-hybridized carbons (Fsp3) is 0.316. The van der Waals surface area contributed by atoms with Gasteiger partial charge in [-0.15, -0.1) is 0 Å². The van der Waals surface area contributed by atoms with E-state index >= 15 is 0 Å². The quantitative estimate of drug-likeness (QED) is 0.745. The fourth-order valence-electron chi connectivity index (χ4n) is 2.70. The molecule has 0 heterocycles. The molecule has 7 heteroatoms. The van der Waals surface area contributed by atoms with Gasteiger partial charge in [0.15, 0.2) is 0 Å². The number of anilines is 2. The number of rotatable bonds is 7. The van der Waals surface area contributed by atoms with Crippen LogP contribution in [-0.2, 0) is 14.8 Å². The number of ether oxygens (including phenoxy) is 1. The molecule has 0 unspecified atom stereocenters. The third-order valence-corrected chi connectivity index (χ3v) is 5.09. The van der Waals surface area contributed by atoms with Crippen LogP contribution < -0.4 is 13.9 Å². The standard InChI is InChI=1S/C19H24N2O4S/c1-5-20(16-9-7-6-8-10-16)19(22)14-21(26(4,23)24)17-13-15(2)11-12-18(17)25-3/h6-13H,5,14H2,1-4H3. The Kier molecular flexibility index (Phi) is 6.26. The monoisotopic (exact) mass is 376 g/mol. The van der Waals surface area contributed by atoms with Crippen molar-refractivity contribution in [2.75, 3.05) is 35.7 Å². The largest absolute Gasteiger partial charge is 0.495 e. The molecule has 0 saturated heterocycles. The van der Waals surface area contributed by atoms with Crippen LogP contribution in [-0.4, -0.2) is 40.8 Å². The van der Waals surface area contributed by atoms with Crippen LogP contribution in [0, 0.1) is 6.92 Å². The molecule has 0 aliphatic rings. The van der Waals surface area contributed by atoms with Gasteiger partial charge in [-0.3, -0.25) is 9.10 Å². The van der Waals surface area contributed by atoms with Gasteiger partial charge in [0.05, 0.1) is 19.1 Å². The van der Waals surface area contributed by atoms with Crippen molar-refractivity contribution in [1.29, 1.82) is 0 Å². The summed E-state index contributed by atoms with van der Waals surface area (Å²) in [6, 6.07) is 14.4. The molecule has 0 fully saturated rings. The molecule has 0 radical (unpaired) electrons. The van der Waals surface area contributed by atoms with Crippen LogP contribution in [0.1, 0.15) is 12.5 Å². The molecule has 140 valence electrons. The molecule has 2 aromatic carbocycles. The van der Waals surface area contributed by atoms with Crippen LogP contribution in [0.4, 0.5) is 11.4 Å². The van der Waals surface area contributed by atoms with E-state index in [1.807, 2.05) is 50.2 Å². The Hall–Kier alpha value is -2.54. The summed E-state index contributed by atoms with van der Waals surface area (Å²) >= 11 is 0. The van der Waals surface area contributed by atoms with Gasteiger partial charge in [0.2, 0.25) is 15.9 Å². The lowest BCUT2D eigenvalue weighted by molar-refractivity contribution is -0.117. The predicted octanol–water partition coefficient (Wildman–Crippen LogP) is 2.82. The third-order valence-electron chi connectivity index (χ3n) is 3.97. The van der Waals surface area contributed by atoms with E-state index in [2.05, 4.69) is 0 Å². The Morgan fingerprint density at radius 1 is 1.12 bits per heavy atom. The van der Waals surface area contributed by atoms with Gasteiger partial charge in [0.1, 0.15) is 12.3 Å². The first-order valence-electron chi connectivity index (χ1n) is 8.25. The van der Waals surface area contributed by atoms with Gasteiger partial charge < -0.3 is 9.64 Å². The van der Waals surface area contributed by atoms with Crippen molar-refractivity contribution in [3.63, 3.8) is 0 Å². The highest BCUT2D eigenvalue weighted by molar-refractivity contribution is 7.92. The average Bonchev–Trinajstić information content (AvgIpc) is 2.60. The molecule has 0 saturated carbocycles. The molecule has 2 rings (SSSR count). The summed E-state index contributed by atoms with van der Waals surface area (Å²) < 4.78 is 31.2. The van der Waals surface area contributed by atoms with E-state index in [-0.39, 0.29) is 12.5 Å². The molecule has 0 aliphatic heterocycles. The highest BCUT2D eigenvalue weighted by Gasteiger charge is 2.26. The zero-order valence-corrected chi connectivity index (χ0v) is 16.3. The second-order valence-corrected chi connectivity index (χ2v) is 7.83. The molecule has 6 nitrogen and oxygen atoms in total. The van der Waals surface area contributed by atoms with Gasteiger partial charge in [-0.1, -0.05) is 24.3 Å². The third kappa shape index (κ3) is 4.54. The smallest absolute Gasteiger partial charge is 0.247 e. The molecule has 0 aliphatic carbocycles. The Bertz CT molecular complexity index is 866. The maximum Gasteiger partial charge on any atom is 0.247 e. The number of methoxy groups -OCH3 is 1. The number of amides is 1. The number of carbonyl (C=O) groups is 1. The van der Waals surface area contributed by atoms with E-state index in [4.69, 9.17) is 4.74 Å². The minimum absolute atomic E-state index is 0.304. The number of hydrogen-bond acceptors (Lipinski definition) is 4. The van der Waals surface area contributed by atoms with Gasteiger partial charge >= 0.3 is 0 Å². The number of nitrogens with zero attached hydrogens (tertiary/aromatic N) is 2. The Labute approximate surface area is 155 Å². The number of sulfonamides is 1. The predicted molar refractivity (Wildman–Crippen MR) is 104 cm³/mol. The lowest BCUT2D eigenvalue weighted by Gasteiger charge is -2.28. The Morgan fingerprint density at radius 3 is 2.31 bits per heavy atom. The van der Waals surface area contributed by atoms with Gasteiger partial charge in [-0.2, -0.15) is 0 Å². The van der Waals surface area contributed by atoms with Crippen molar-refractivity contribution in [3.8, 4) is 5.75 Å². The van der Waals surface area contributed by atoms with Crippen molar-refractivity contribution in [2.24, 2.45) is 0 Å². The van der Waals surface area contributed by atoms with Crippen LogP contribution in [0.15, 0.2) is 48.5 Å². The minimum atomic E-state index is -3.68. The molecule has 0 N–H and O–H groups in total. The average molecular weight is 376 g/mol. The van der Waals surface area contributed by atoms with Crippen LogP contribution in [0.25, 0.3) is 0 Å². The second kappa shape index (κ2) is 8.23. The van der Waals surface area contributed by atoms with E-state index in [1.165, 1.54) is 7.11 Å². The molecular formula is C19H24N2O4S. The highest BCUT2D eigenvalue weighted by Crippen LogP contribution is 2.31. The maximum absolute atomic E-state index is 12.9. The summed E-state index contributed by atoms with van der Waals surface area (Å²) in [7, 11) is -2.21. The number of likely N-dealkylation sites (N-methyl/N-ethyl adjacent to an activating group) is 1. The molecule has 2 aromatic rings. The number of carbonyl (C=O) groups excluding carboxylic acids is 1. The maximum atomic E-state index is 12.9. The Balaban J connectivity index is 2.41. The lowest BCUT2D eigenvalue weighted by Crippen LogP contribution is -2.43. The topological polar surface area (TPSA) is 66.9 Å². The summed E-state index contributed by atoms with van der Waals surface area (Å²) in [5.41, 5.74) is 1.95. The van der Waals surface area contributed by atoms with Crippen molar-refractivity contribution in [3.05, 3.63) is 54.1 Å². The molecule has 26 heavy (non-hydrogen) atoms. The number of hydrogen-bond donors (Lipinski definition) is 0. The zero-order valence-electron chi connectivity index (χ0n) is 15.5. The SMILES string of the molecule is CCN(C(=O)CN(c1cc(C)ccc1OC)S(C)(=O)=O)c1ccccc1. The van der Waals surface area contributed by atoms with Crippen molar-refractivity contribution in [2.45, 2.75) is 13.8 Å². The fourth-order valence-corrected chi connectivity index (χ4v) is 3.54. The van der Waals surface area contributed by atoms with Gasteiger partial charge in [0, 0.05) is 12.2 Å². The second-order valence-electron chi connectivity index (χ2n) is 5.92. The van der Waals surface area contributed by atoms with Crippen LogP contribution >= 0.6 is 0 Å². The number of para-hydroxylation sites is 1. The minimum Gasteiger partial charge on any atom is -0.495 e. The zero-order chi connectivity index (χ0) is 19.3. The van der Waals surface area contributed by atoms with Crippen molar-refractivity contribution in [1.82, 2.24) is 0 Å². The number of aryl methyl sites for hydroxylation is 1. The normalized spacial score (nSPS) is 11.1. The van der Waals surface area contributed by atoms with E-state index in [9.17, 15) is 13.2 Å². The van der Waals surface area contributed by atoms with E-state index < -0.39 is 10.0 Å². The molecular weight excluding hydrogens is 352 g/mol. The summed E-state index contributed by atoms with van der Waals surface area (Å²) in [6.45, 7) is 3.84. The summed E-state index contributed by atoms with van der Waals surface area (Å²) in [5, 5.41) is 0. The summed E-state index contributed by atoms with van der Waals surface area (Å²) in [6.07, 6.45) is 1.08. The molecule has 0 bridgehead atoms. The lowest BCUT2D eigenvalue weighted by atomic mass is 10.2. The van der Waals surface area contributed by atoms with E-state index in [0.717, 1.165) is 21.8 Å². The van der Waals surface area contributed by atoms with E-state index in [0.29, 0.717) is 18.0 Å². The first-order valence-corrected chi connectivity index (χ1v) is 10.1. The first kappa shape index (κ1) is 19.8. The Morgan fingerprint density at radius 2 is 1.77 bits per heavy atom. The van der Waals surface area contributed by atoms with Gasteiger partial charge in [0.25, 0.3) is 0 Å². The van der Waals surface area contributed by atoms with Crippen LogP contribution in [0.5, 0.6) is 5.75 Å². The molecule has 1 amide bonds. The van der Waals surface area contributed by atoms with E-state index in [1.54, 1.807) is 17.0 Å². The first-order chi connectivity index (χ1) is 12.3. The molecule has 0 aromatic heterocycles.